The molecule has 1 amide bonds. The van der Waals surface area contributed by atoms with Gasteiger partial charge in [0.2, 0.25) is 5.17 Å². The molecule has 0 bridgehead atoms. The molecule has 2 aromatic rings. The minimum atomic E-state index is -0.440. The SMILES string of the molecule is Cc1cc(/C=C2/C(=N)N3N=C(C(C)C)SC3=NC2=O)c(C)n1-c1cc(Cl)ccc1Cl. The molecule has 9 heteroatoms. The lowest BCUT2D eigenvalue weighted by atomic mass is 10.1. The molecule has 0 saturated heterocycles. The van der Waals surface area contributed by atoms with E-state index in [-0.39, 0.29) is 17.3 Å². The third kappa shape index (κ3) is 3.51. The second-order valence-corrected chi connectivity index (χ2v) is 9.20. The summed E-state index contributed by atoms with van der Waals surface area (Å²) in [5.41, 5.74) is 3.57. The maximum Gasteiger partial charge on any atom is 0.283 e. The molecule has 4 rings (SSSR count). The number of nitrogens with one attached hydrogen (secondary N) is 1. The second kappa shape index (κ2) is 7.72. The smallest absolute Gasteiger partial charge is 0.283 e. The number of aromatic nitrogens is 1. The number of aliphatic imine (C=N–C) groups is 1. The molecule has 0 spiro atoms. The summed E-state index contributed by atoms with van der Waals surface area (Å²) in [4.78, 5) is 16.8. The number of carbonyl (C=O) groups is 1. The molecule has 0 unspecified atom stereocenters. The summed E-state index contributed by atoms with van der Waals surface area (Å²) >= 11 is 13.9. The molecule has 2 aliphatic heterocycles. The number of thioether (sulfide) groups is 1. The molecule has 0 fully saturated rings. The average molecular weight is 460 g/mol. The molecule has 0 saturated carbocycles. The van der Waals surface area contributed by atoms with E-state index in [0.717, 1.165) is 27.7 Å². The number of fused-ring (bicyclic) bond motifs is 1. The summed E-state index contributed by atoms with van der Waals surface area (Å²) in [5, 5.41) is 16.8. The number of rotatable bonds is 3. The van der Waals surface area contributed by atoms with E-state index in [0.29, 0.717) is 15.2 Å². The van der Waals surface area contributed by atoms with Gasteiger partial charge in [0.05, 0.1) is 16.3 Å². The van der Waals surface area contributed by atoms with Crippen molar-refractivity contribution in [2.75, 3.05) is 0 Å². The van der Waals surface area contributed by atoms with Crippen LogP contribution < -0.4 is 0 Å². The number of hydrazone groups is 1. The molecule has 0 atom stereocenters. The van der Waals surface area contributed by atoms with Crippen molar-refractivity contribution in [2.45, 2.75) is 27.7 Å². The molecular weight excluding hydrogens is 441 g/mol. The van der Waals surface area contributed by atoms with E-state index in [2.05, 4.69) is 10.1 Å². The highest BCUT2D eigenvalue weighted by Crippen LogP contribution is 2.33. The van der Waals surface area contributed by atoms with Crippen LogP contribution in [0, 0.1) is 25.2 Å². The van der Waals surface area contributed by atoms with Crippen molar-refractivity contribution >= 4 is 63.0 Å². The third-order valence-electron chi connectivity index (χ3n) is 4.88. The van der Waals surface area contributed by atoms with Crippen LogP contribution in [0.15, 0.2) is 39.9 Å². The lowest BCUT2D eigenvalue weighted by Gasteiger charge is -2.20. The maximum absolute atomic E-state index is 12.7. The highest BCUT2D eigenvalue weighted by molar-refractivity contribution is 8.27. The molecule has 0 radical (unpaired) electrons. The van der Waals surface area contributed by atoms with Crippen molar-refractivity contribution in [3.8, 4) is 5.69 Å². The minimum absolute atomic E-state index is 0.0266. The van der Waals surface area contributed by atoms with Crippen molar-refractivity contribution in [1.82, 2.24) is 9.58 Å². The summed E-state index contributed by atoms with van der Waals surface area (Å²) in [7, 11) is 0. The van der Waals surface area contributed by atoms with E-state index < -0.39 is 5.91 Å². The number of aryl methyl sites for hydroxylation is 1. The van der Waals surface area contributed by atoms with Crippen LogP contribution in [0.25, 0.3) is 11.8 Å². The molecule has 0 aliphatic carbocycles. The van der Waals surface area contributed by atoms with Gasteiger partial charge in [-0.05, 0) is 61.5 Å². The van der Waals surface area contributed by atoms with Gasteiger partial charge in [0, 0.05) is 22.3 Å². The summed E-state index contributed by atoms with van der Waals surface area (Å²) in [6, 6.07) is 7.24. The summed E-state index contributed by atoms with van der Waals surface area (Å²) < 4.78 is 1.98. The fraction of sp³-hybridized carbons (Fsp3) is 0.238. The van der Waals surface area contributed by atoms with Crippen LogP contribution in [0.1, 0.15) is 30.8 Å². The van der Waals surface area contributed by atoms with Gasteiger partial charge >= 0.3 is 0 Å². The Morgan fingerprint density at radius 3 is 2.63 bits per heavy atom. The number of carbonyl (C=O) groups excluding carboxylic acids is 1. The predicted octanol–water partition coefficient (Wildman–Crippen LogP) is 5.68. The summed E-state index contributed by atoms with van der Waals surface area (Å²) in [5.74, 6) is -0.219. The number of hydrogen-bond acceptors (Lipinski definition) is 4. The lowest BCUT2D eigenvalue weighted by Crippen LogP contribution is -2.35. The van der Waals surface area contributed by atoms with E-state index in [9.17, 15) is 4.79 Å². The van der Waals surface area contributed by atoms with E-state index in [1.54, 1.807) is 24.3 Å². The fourth-order valence-electron chi connectivity index (χ4n) is 3.36. The molecule has 1 N–H and O–H groups in total. The Kier molecular flexibility index (Phi) is 5.38. The number of hydrogen-bond donors (Lipinski definition) is 1. The van der Waals surface area contributed by atoms with Crippen LogP contribution in [0.2, 0.25) is 10.0 Å². The summed E-state index contributed by atoms with van der Waals surface area (Å²) in [6.07, 6.45) is 1.69. The summed E-state index contributed by atoms with van der Waals surface area (Å²) in [6.45, 7) is 7.92. The first-order valence-corrected chi connectivity index (χ1v) is 10.9. The van der Waals surface area contributed by atoms with Crippen LogP contribution in [0.5, 0.6) is 0 Å². The molecular formula is C21H19Cl2N5OS. The molecule has 1 aromatic carbocycles. The zero-order valence-corrected chi connectivity index (χ0v) is 19.2. The van der Waals surface area contributed by atoms with Crippen LogP contribution in [0.3, 0.4) is 0 Å². The van der Waals surface area contributed by atoms with Crippen LogP contribution in [0.4, 0.5) is 0 Å². The number of halogens is 2. The standard InChI is InChI=1S/C21H19Cl2N5OS/c1-10(2)20-26-28-18(24)15(19(29)25-21(28)30-20)8-13-7-11(3)27(12(13)4)17-9-14(22)5-6-16(17)23/h5-10,24H,1-4H3/b15-8-,24-18?. The van der Waals surface area contributed by atoms with Crippen molar-refractivity contribution in [3.63, 3.8) is 0 Å². The first-order valence-electron chi connectivity index (χ1n) is 9.32. The Morgan fingerprint density at radius 2 is 1.93 bits per heavy atom. The fourth-order valence-corrected chi connectivity index (χ4v) is 4.62. The number of nitrogens with zero attached hydrogens (tertiary/aromatic N) is 4. The van der Waals surface area contributed by atoms with Crippen LogP contribution in [-0.2, 0) is 4.79 Å². The van der Waals surface area contributed by atoms with Gasteiger partial charge in [-0.2, -0.15) is 15.1 Å². The highest BCUT2D eigenvalue weighted by Gasteiger charge is 2.36. The van der Waals surface area contributed by atoms with Crippen molar-refractivity contribution in [3.05, 3.63) is 56.8 Å². The van der Waals surface area contributed by atoms with E-state index in [1.165, 1.54) is 16.8 Å². The van der Waals surface area contributed by atoms with Crippen LogP contribution >= 0.6 is 35.0 Å². The van der Waals surface area contributed by atoms with E-state index in [4.69, 9.17) is 28.6 Å². The van der Waals surface area contributed by atoms with Crippen LogP contribution in [-0.4, -0.2) is 31.5 Å². The first kappa shape index (κ1) is 20.9. The topological polar surface area (TPSA) is 73.8 Å². The number of amides is 1. The van der Waals surface area contributed by atoms with Crippen molar-refractivity contribution in [2.24, 2.45) is 16.0 Å². The Balaban J connectivity index is 1.77. The van der Waals surface area contributed by atoms with Gasteiger partial charge in [-0.15, -0.1) is 0 Å². The molecule has 30 heavy (non-hydrogen) atoms. The first-order chi connectivity index (χ1) is 14.2. The van der Waals surface area contributed by atoms with E-state index >= 15 is 0 Å². The van der Waals surface area contributed by atoms with Gasteiger partial charge in [-0.25, -0.2) is 0 Å². The zero-order chi connectivity index (χ0) is 21.7. The molecule has 3 heterocycles. The highest BCUT2D eigenvalue weighted by atomic mass is 35.5. The molecule has 154 valence electrons. The van der Waals surface area contributed by atoms with Gasteiger partial charge in [-0.1, -0.05) is 37.0 Å². The average Bonchev–Trinajstić information content (AvgIpc) is 3.22. The quantitative estimate of drug-likeness (QED) is 0.600. The number of benzene rings is 1. The zero-order valence-electron chi connectivity index (χ0n) is 16.8. The lowest BCUT2D eigenvalue weighted by molar-refractivity contribution is -0.114. The Bertz CT molecular complexity index is 1190. The minimum Gasteiger partial charge on any atom is -0.316 e. The van der Waals surface area contributed by atoms with Gasteiger partial charge in [0.25, 0.3) is 5.91 Å². The molecule has 2 aliphatic rings. The monoisotopic (exact) mass is 459 g/mol. The van der Waals surface area contributed by atoms with Gasteiger partial charge in [-0.3, -0.25) is 10.2 Å². The normalized spacial score (nSPS) is 17.7. The second-order valence-electron chi connectivity index (χ2n) is 7.37. The molecule has 1 aromatic heterocycles. The van der Waals surface area contributed by atoms with E-state index in [1.807, 2.05) is 38.3 Å². The van der Waals surface area contributed by atoms with Gasteiger partial charge in [0.15, 0.2) is 5.84 Å². The Hall–Kier alpha value is -2.35. The molecule has 6 nitrogen and oxygen atoms in total. The van der Waals surface area contributed by atoms with Gasteiger partial charge in [0.1, 0.15) is 5.04 Å². The Labute approximate surface area is 188 Å². The number of amidine groups is 2. The predicted molar refractivity (Wildman–Crippen MR) is 125 cm³/mol. The Morgan fingerprint density at radius 1 is 1.20 bits per heavy atom. The van der Waals surface area contributed by atoms with Crippen molar-refractivity contribution < 1.29 is 4.79 Å². The largest absolute Gasteiger partial charge is 0.316 e. The van der Waals surface area contributed by atoms with Gasteiger partial charge < -0.3 is 4.57 Å². The third-order valence-corrected chi connectivity index (χ3v) is 6.65. The van der Waals surface area contributed by atoms with Crippen molar-refractivity contribution in [1.29, 1.82) is 5.41 Å². The maximum atomic E-state index is 12.7.